The maximum Gasteiger partial charge on any atom is 0.319 e. The lowest BCUT2D eigenvalue weighted by Gasteiger charge is -2.31. The van der Waals surface area contributed by atoms with Gasteiger partial charge in [-0.2, -0.15) is 5.10 Å². The summed E-state index contributed by atoms with van der Waals surface area (Å²) in [5.41, 5.74) is 2.52. The first-order valence-electron chi connectivity index (χ1n) is 7.89. The first-order valence-corrected chi connectivity index (χ1v) is 7.89. The van der Waals surface area contributed by atoms with Crippen LogP contribution < -0.4 is 10.6 Å². The van der Waals surface area contributed by atoms with Gasteiger partial charge in [0.2, 0.25) is 5.91 Å². The molecule has 3 rings (SSSR count). The summed E-state index contributed by atoms with van der Waals surface area (Å²) in [6.45, 7) is 5.37. The number of rotatable bonds is 3. The maximum atomic E-state index is 12.2. The topological polar surface area (TPSA) is 90.1 Å². The second kappa shape index (κ2) is 6.28. The summed E-state index contributed by atoms with van der Waals surface area (Å²) < 4.78 is 0. The van der Waals surface area contributed by atoms with E-state index in [-0.39, 0.29) is 11.9 Å². The van der Waals surface area contributed by atoms with E-state index in [1.165, 1.54) is 0 Å². The third-order valence-corrected chi connectivity index (χ3v) is 4.30. The van der Waals surface area contributed by atoms with Crippen LogP contribution in [-0.2, 0) is 4.79 Å². The second-order valence-corrected chi connectivity index (χ2v) is 5.80. The Morgan fingerprint density at radius 2 is 2.30 bits per heavy atom. The minimum atomic E-state index is -0.452. The van der Waals surface area contributed by atoms with Gasteiger partial charge < -0.3 is 15.5 Å². The van der Waals surface area contributed by atoms with Crippen molar-refractivity contribution in [2.45, 2.75) is 32.7 Å². The molecule has 1 aromatic heterocycles. The monoisotopic (exact) mass is 315 g/mol. The summed E-state index contributed by atoms with van der Waals surface area (Å²) in [6, 6.07) is 2.93. The number of piperidine rings is 1. The van der Waals surface area contributed by atoms with E-state index >= 15 is 0 Å². The molecule has 2 heterocycles. The van der Waals surface area contributed by atoms with E-state index in [9.17, 15) is 9.59 Å². The first-order chi connectivity index (χ1) is 11.1. The zero-order valence-corrected chi connectivity index (χ0v) is 13.3. The van der Waals surface area contributed by atoms with Crippen LogP contribution in [0.15, 0.2) is 18.3 Å². The fraction of sp³-hybridized carbons (Fsp3) is 0.438. The van der Waals surface area contributed by atoms with Crippen LogP contribution in [0.5, 0.6) is 0 Å². The number of anilines is 1. The van der Waals surface area contributed by atoms with Crippen LogP contribution in [0.4, 0.5) is 10.5 Å². The van der Waals surface area contributed by atoms with Crippen molar-refractivity contribution in [1.82, 2.24) is 20.4 Å². The number of hydrogen-bond acceptors (Lipinski definition) is 3. The predicted octanol–water partition coefficient (Wildman–Crippen LogP) is 2.00. The Hall–Kier alpha value is -2.57. The third kappa shape index (κ3) is 2.99. The number of hydrogen-bond donors (Lipinski definition) is 3. The van der Waals surface area contributed by atoms with E-state index in [1.54, 1.807) is 11.1 Å². The number of aryl methyl sites for hydroxylation is 1. The van der Waals surface area contributed by atoms with Gasteiger partial charge in [-0.3, -0.25) is 9.89 Å². The minimum Gasteiger partial charge on any atom is -0.341 e. The van der Waals surface area contributed by atoms with Gasteiger partial charge in [-0.25, -0.2) is 4.79 Å². The van der Waals surface area contributed by atoms with E-state index in [1.807, 2.05) is 26.0 Å². The number of H-pyrrole nitrogens is 1. The van der Waals surface area contributed by atoms with E-state index in [2.05, 4.69) is 20.8 Å². The van der Waals surface area contributed by atoms with Crippen molar-refractivity contribution in [3.8, 4) is 0 Å². The molecule has 7 heteroatoms. The highest BCUT2D eigenvalue weighted by molar-refractivity contribution is 6.01. The number of amides is 3. The van der Waals surface area contributed by atoms with Crippen molar-refractivity contribution in [2.24, 2.45) is 0 Å². The number of aromatic nitrogens is 2. The van der Waals surface area contributed by atoms with Crippen LogP contribution in [0.2, 0.25) is 0 Å². The molecule has 0 aliphatic carbocycles. The summed E-state index contributed by atoms with van der Waals surface area (Å²) in [7, 11) is 0. The Bertz CT molecular complexity index is 739. The summed E-state index contributed by atoms with van der Waals surface area (Å²) in [6.07, 6.45) is 3.31. The van der Waals surface area contributed by atoms with E-state index in [0.29, 0.717) is 18.7 Å². The minimum absolute atomic E-state index is 0.00973. The molecule has 1 saturated heterocycles. The van der Waals surface area contributed by atoms with Gasteiger partial charge in [0.05, 0.1) is 17.4 Å². The number of nitrogens with one attached hydrogen (secondary N) is 3. The van der Waals surface area contributed by atoms with Crippen LogP contribution in [0, 0.1) is 6.92 Å². The lowest BCUT2D eigenvalue weighted by molar-refractivity contribution is -0.135. The highest BCUT2D eigenvalue weighted by atomic mass is 16.2. The molecule has 1 aromatic carbocycles. The molecule has 3 N–H and O–H groups in total. The highest BCUT2D eigenvalue weighted by Crippen LogP contribution is 2.24. The second-order valence-electron chi connectivity index (χ2n) is 5.80. The number of carbonyl (C=O) groups excluding carboxylic acids is 2. The quantitative estimate of drug-likeness (QED) is 0.809. The molecule has 3 amide bonds. The van der Waals surface area contributed by atoms with Gasteiger partial charge in [-0.1, -0.05) is 6.07 Å². The molecule has 1 atom stereocenters. The molecule has 1 aliphatic rings. The summed E-state index contributed by atoms with van der Waals surface area (Å²) >= 11 is 0. The number of benzene rings is 1. The Labute approximate surface area is 134 Å². The molecule has 1 aliphatic heterocycles. The average molecular weight is 315 g/mol. The maximum absolute atomic E-state index is 12.2. The Morgan fingerprint density at radius 1 is 1.48 bits per heavy atom. The smallest absolute Gasteiger partial charge is 0.319 e. The van der Waals surface area contributed by atoms with Gasteiger partial charge in [-0.05, 0) is 38.3 Å². The number of urea groups is 1. The zero-order chi connectivity index (χ0) is 16.4. The van der Waals surface area contributed by atoms with Crippen molar-refractivity contribution >= 4 is 28.5 Å². The van der Waals surface area contributed by atoms with Gasteiger partial charge in [0.25, 0.3) is 0 Å². The molecule has 0 spiro atoms. The fourth-order valence-corrected chi connectivity index (χ4v) is 2.98. The van der Waals surface area contributed by atoms with Crippen LogP contribution in [0.25, 0.3) is 10.9 Å². The zero-order valence-electron chi connectivity index (χ0n) is 13.3. The highest BCUT2D eigenvalue weighted by Gasteiger charge is 2.28. The van der Waals surface area contributed by atoms with Crippen molar-refractivity contribution < 1.29 is 9.59 Å². The van der Waals surface area contributed by atoms with E-state index < -0.39 is 6.04 Å². The molecular weight excluding hydrogens is 294 g/mol. The third-order valence-electron chi connectivity index (χ3n) is 4.30. The van der Waals surface area contributed by atoms with Crippen molar-refractivity contribution in [3.05, 3.63) is 23.9 Å². The van der Waals surface area contributed by atoms with Gasteiger partial charge >= 0.3 is 6.03 Å². The predicted molar refractivity (Wildman–Crippen MR) is 88.3 cm³/mol. The van der Waals surface area contributed by atoms with Crippen LogP contribution >= 0.6 is 0 Å². The lowest BCUT2D eigenvalue weighted by Crippen LogP contribution is -2.52. The molecule has 1 unspecified atom stereocenters. The molecule has 2 aromatic rings. The number of nitrogens with zero attached hydrogens (tertiary/aromatic N) is 2. The van der Waals surface area contributed by atoms with Crippen molar-refractivity contribution in [1.29, 1.82) is 0 Å². The Kier molecular flexibility index (Phi) is 4.18. The lowest BCUT2D eigenvalue weighted by atomic mass is 10.1. The van der Waals surface area contributed by atoms with Crippen molar-refractivity contribution in [3.63, 3.8) is 0 Å². The van der Waals surface area contributed by atoms with Crippen molar-refractivity contribution in [2.75, 3.05) is 18.4 Å². The van der Waals surface area contributed by atoms with Crippen LogP contribution in [0.1, 0.15) is 25.3 Å². The number of fused-ring (bicyclic) bond motifs is 1. The van der Waals surface area contributed by atoms with Gasteiger partial charge in [-0.15, -0.1) is 0 Å². The molecule has 0 bridgehead atoms. The number of likely N-dealkylation sites (N-methyl/N-ethyl adjacent to an activating group) is 1. The summed E-state index contributed by atoms with van der Waals surface area (Å²) in [5.74, 6) is -0.00973. The Morgan fingerprint density at radius 3 is 3.09 bits per heavy atom. The average Bonchev–Trinajstić information content (AvgIpc) is 3.03. The largest absolute Gasteiger partial charge is 0.341 e. The molecule has 23 heavy (non-hydrogen) atoms. The fourth-order valence-electron chi connectivity index (χ4n) is 2.98. The molecule has 1 fully saturated rings. The van der Waals surface area contributed by atoms with Crippen LogP contribution in [0.3, 0.4) is 0 Å². The summed E-state index contributed by atoms with van der Waals surface area (Å²) in [5, 5.41) is 13.5. The Balaban J connectivity index is 1.70. The first kappa shape index (κ1) is 15.3. The van der Waals surface area contributed by atoms with E-state index in [0.717, 1.165) is 29.4 Å². The SMILES string of the molecule is CCN1CCCC(NC(=O)Nc2ccc(C)c3cn[nH]c23)C1=O. The van der Waals surface area contributed by atoms with Gasteiger partial charge in [0, 0.05) is 18.5 Å². The summed E-state index contributed by atoms with van der Waals surface area (Å²) in [4.78, 5) is 26.2. The number of carbonyl (C=O) groups is 2. The molecule has 122 valence electrons. The molecule has 7 nitrogen and oxygen atoms in total. The molecular formula is C16H21N5O2. The molecule has 0 radical (unpaired) electrons. The number of aromatic amines is 1. The normalized spacial score (nSPS) is 18.3. The molecule has 0 saturated carbocycles. The van der Waals surface area contributed by atoms with E-state index in [4.69, 9.17) is 0 Å². The number of likely N-dealkylation sites (tertiary alicyclic amines) is 1. The van der Waals surface area contributed by atoms with Gasteiger partial charge in [0.15, 0.2) is 0 Å². The standard InChI is InChI=1S/C16H21N5O2/c1-3-21-8-4-5-13(15(21)22)19-16(23)18-12-7-6-10(2)11-9-17-20-14(11)12/h6-7,9,13H,3-5,8H2,1-2H3,(H,17,20)(H2,18,19,23). The van der Waals surface area contributed by atoms with Gasteiger partial charge in [0.1, 0.15) is 6.04 Å². The van der Waals surface area contributed by atoms with Crippen LogP contribution in [-0.4, -0.2) is 46.2 Å².